The molecule has 8 nitrogen and oxygen atoms in total. The number of carbonyl (C=O) groups is 2. The first-order chi connectivity index (χ1) is 12.2. The number of hydrogen-bond acceptors (Lipinski definition) is 5. The monoisotopic (exact) mass is 391 g/mol. The molecule has 26 heavy (non-hydrogen) atoms. The summed E-state index contributed by atoms with van der Waals surface area (Å²) in [4.78, 5) is 33.8. The van der Waals surface area contributed by atoms with Gasteiger partial charge in [-0.3, -0.25) is 5.32 Å². The molecule has 0 saturated heterocycles. The summed E-state index contributed by atoms with van der Waals surface area (Å²) in [6, 6.07) is -0.161. The van der Waals surface area contributed by atoms with Crippen molar-refractivity contribution in [2.45, 2.75) is 31.5 Å². The van der Waals surface area contributed by atoms with E-state index in [1.165, 1.54) is 24.2 Å². The van der Waals surface area contributed by atoms with Gasteiger partial charge in [-0.1, -0.05) is 0 Å². The zero-order chi connectivity index (χ0) is 19.3. The zero-order valence-electron chi connectivity index (χ0n) is 13.6. The van der Waals surface area contributed by atoms with Crippen molar-refractivity contribution in [1.29, 1.82) is 0 Å². The number of imidazole rings is 1. The molecule has 0 atom stereocenters. The molecular weight excluding hydrogens is 375 g/mol. The molecule has 142 valence electrons. The topological polar surface area (TPSA) is 111 Å². The van der Waals surface area contributed by atoms with Crippen molar-refractivity contribution in [3.63, 3.8) is 0 Å². The molecule has 1 aliphatic rings. The Hall–Kier alpha value is -2.63. The number of carbonyl (C=O) groups excluding carboxylic acids is 1. The quantitative estimate of drug-likeness (QED) is 0.742. The van der Waals surface area contributed by atoms with E-state index >= 15 is 0 Å². The molecule has 0 unspecified atom stereocenters. The van der Waals surface area contributed by atoms with Gasteiger partial charge in [0.15, 0.2) is 5.13 Å². The lowest BCUT2D eigenvalue weighted by Gasteiger charge is -2.15. The van der Waals surface area contributed by atoms with Crippen LogP contribution in [0, 0.1) is 0 Å². The summed E-state index contributed by atoms with van der Waals surface area (Å²) in [7, 11) is 1.74. The van der Waals surface area contributed by atoms with E-state index in [9.17, 15) is 18.0 Å². The van der Waals surface area contributed by atoms with Crippen LogP contribution in [0.25, 0.3) is 0 Å². The number of amides is 2. The first-order valence-electron chi connectivity index (χ1n) is 7.41. The molecule has 0 aromatic carbocycles. The number of hydrogen-bond donors (Lipinski definition) is 3. The van der Waals surface area contributed by atoms with Gasteiger partial charge in [-0.2, -0.15) is 13.2 Å². The molecule has 2 aromatic heterocycles. The minimum Gasteiger partial charge on any atom is -0.475 e. The van der Waals surface area contributed by atoms with Crippen LogP contribution in [0.1, 0.15) is 30.1 Å². The minimum atomic E-state index is -5.08. The molecule has 3 rings (SSSR count). The molecular formula is C14H16F3N5O3S. The predicted octanol–water partition coefficient (Wildman–Crippen LogP) is 3.04. The second-order valence-electron chi connectivity index (χ2n) is 5.52. The van der Waals surface area contributed by atoms with Crippen LogP contribution in [0.5, 0.6) is 0 Å². The van der Waals surface area contributed by atoms with Crippen LogP contribution in [0.4, 0.5) is 23.1 Å². The number of rotatable bonds is 4. The van der Waals surface area contributed by atoms with Gasteiger partial charge in [0.25, 0.3) is 0 Å². The summed E-state index contributed by atoms with van der Waals surface area (Å²) in [6.07, 6.45) is 0.663. The van der Waals surface area contributed by atoms with Gasteiger partial charge in [0.05, 0.1) is 24.3 Å². The van der Waals surface area contributed by atoms with Crippen molar-refractivity contribution in [2.75, 3.05) is 12.4 Å². The van der Waals surface area contributed by atoms with Crippen molar-refractivity contribution >= 4 is 28.5 Å². The summed E-state index contributed by atoms with van der Waals surface area (Å²) in [5.41, 5.74) is 2.01. The van der Waals surface area contributed by atoms with Gasteiger partial charge >= 0.3 is 18.2 Å². The van der Waals surface area contributed by atoms with E-state index in [2.05, 4.69) is 20.3 Å². The van der Waals surface area contributed by atoms with Crippen molar-refractivity contribution < 1.29 is 27.9 Å². The number of alkyl halides is 3. The number of thiazole rings is 1. The number of H-pyrrole nitrogens is 1. The molecule has 2 aromatic rings. The van der Waals surface area contributed by atoms with Crippen molar-refractivity contribution in [3.05, 3.63) is 29.3 Å². The third-order valence-corrected chi connectivity index (χ3v) is 4.06. The average Bonchev–Trinajstić information content (AvgIpc) is 3.08. The van der Waals surface area contributed by atoms with Crippen molar-refractivity contribution in [1.82, 2.24) is 19.9 Å². The molecule has 0 bridgehead atoms. The Morgan fingerprint density at radius 2 is 2.12 bits per heavy atom. The Bertz CT molecular complexity index is 743. The van der Waals surface area contributed by atoms with E-state index in [1.807, 2.05) is 5.38 Å². The summed E-state index contributed by atoms with van der Waals surface area (Å²) in [6.45, 7) is 0.493. The first kappa shape index (κ1) is 19.7. The van der Waals surface area contributed by atoms with E-state index in [4.69, 9.17) is 9.90 Å². The van der Waals surface area contributed by atoms with Gasteiger partial charge in [-0.05, 0) is 12.8 Å². The number of nitrogens with zero attached hydrogens (tertiary/aromatic N) is 3. The maximum absolute atomic E-state index is 12.0. The Morgan fingerprint density at radius 3 is 2.62 bits per heavy atom. The third kappa shape index (κ3) is 6.02. The van der Waals surface area contributed by atoms with Gasteiger partial charge in [0.1, 0.15) is 0 Å². The molecule has 2 amide bonds. The lowest BCUT2D eigenvalue weighted by atomic mass is 10.3. The van der Waals surface area contributed by atoms with Crippen LogP contribution >= 0.6 is 11.3 Å². The molecule has 0 aliphatic heterocycles. The maximum atomic E-state index is 12.0. The standard InChI is InChI=1S/C12H15N5OS.C2HF3O2/c1-17(5-9-4-13-7-14-9)12(18)16-11-15-10(6-19-11)8-2-3-8;3-2(4,5)1(6)7/h4,6-8H,2-3,5H2,1H3,(H,13,14)(H,15,16,18);(H,6,7). The third-order valence-electron chi connectivity index (χ3n) is 3.28. The molecule has 12 heteroatoms. The zero-order valence-corrected chi connectivity index (χ0v) is 14.4. The number of anilines is 1. The minimum absolute atomic E-state index is 0.161. The van der Waals surface area contributed by atoms with Crippen LogP contribution in [0.15, 0.2) is 17.9 Å². The fourth-order valence-corrected chi connectivity index (χ4v) is 2.58. The van der Waals surface area contributed by atoms with Crippen LogP contribution in [0.2, 0.25) is 0 Å². The molecule has 3 N–H and O–H groups in total. The molecule has 1 aliphatic carbocycles. The predicted molar refractivity (Wildman–Crippen MR) is 86.9 cm³/mol. The molecule has 1 saturated carbocycles. The Labute approximate surface area is 150 Å². The van der Waals surface area contributed by atoms with E-state index < -0.39 is 12.1 Å². The SMILES string of the molecule is CN(Cc1cnc[nH]1)C(=O)Nc1nc(C2CC2)cs1.O=C(O)C(F)(F)F. The van der Waals surface area contributed by atoms with Crippen LogP contribution in [-0.2, 0) is 11.3 Å². The molecule has 2 heterocycles. The van der Waals surface area contributed by atoms with Crippen LogP contribution < -0.4 is 5.32 Å². The lowest BCUT2D eigenvalue weighted by molar-refractivity contribution is -0.192. The van der Waals surface area contributed by atoms with Crippen molar-refractivity contribution in [3.8, 4) is 0 Å². The number of aliphatic carboxylic acids is 1. The normalized spacial score (nSPS) is 13.5. The summed E-state index contributed by atoms with van der Waals surface area (Å²) < 4.78 is 31.7. The number of carboxylic acid groups (broad SMARTS) is 1. The largest absolute Gasteiger partial charge is 0.490 e. The highest BCUT2D eigenvalue weighted by Crippen LogP contribution is 2.40. The van der Waals surface area contributed by atoms with E-state index in [0.717, 1.165) is 11.4 Å². The maximum Gasteiger partial charge on any atom is 0.490 e. The lowest BCUT2D eigenvalue weighted by Crippen LogP contribution is -2.30. The molecule has 1 fully saturated rings. The average molecular weight is 391 g/mol. The second-order valence-corrected chi connectivity index (χ2v) is 6.38. The van der Waals surface area contributed by atoms with E-state index in [0.29, 0.717) is 17.6 Å². The van der Waals surface area contributed by atoms with Gasteiger partial charge < -0.3 is 15.0 Å². The number of urea groups is 1. The number of carboxylic acids is 1. The number of halogens is 3. The number of nitrogens with one attached hydrogen (secondary N) is 2. The fourth-order valence-electron chi connectivity index (χ4n) is 1.80. The number of aromatic amines is 1. The summed E-state index contributed by atoms with van der Waals surface area (Å²) in [5.74, 6) is -2.14. The highest BCUT2D eigenvalue weighted by molar-refractivity contribution is 7.13. The summed E-state index contributed by atoms with van der Waals surface area (Å²) >= 11 is 1.48. The Kier molecular flexibility index (Phi) is 6.18. The van der Waals surface area contributed by atoms with Gasteiger partial charge in [-0.15, -0.1) is 11.3 Å². The highest BCUT2D eigenvalue weighted by atomic mass is 32.1. The van der Waals surface area contributed by atoms with Gasteiger partial charge in [0.2, 0.25) is 0 Å². The molecule has 0 spiro atoms. The highest BCUT2D eigenvalue weighted by Gasteiger charge is 2.38. The molecule has 0 radical (unpaired) electrons. The van der Waals surface area contributed by atoms with E-state index in [-0.39, 0.29) is 6.03 Å². The van der Waals surface area contributed by atoms with Gasteiger partial charge in [0, 0.05) is 24.5 Å². The van der Waals surface area contributed by atoms with Gasteiger partial charge in [-0.25, -0.2) is 19.6 Å². The van der Waals surface area contributed by atoms with Crippen molar-refractivity contribution in [2.24, 2.45) is 0 Å². The summed E-state index contributed by atoms with van der Waals surface area (Å²) in [5, 5.41) is 12.6. The Morgan fingerprint density at radius 1 is 1.46 bits per heavy atom. The van der Waals surface area contributed by atoms with E-state index in [1.54, 1.807) is 24.5 Å². The Balaban J connectivity index is 0.000000298. The second kappa shape index (κ2) is 8.17. The first-order valence-corrected chi connectivity index (χ1v) is 8.29. The van der Waals surface area contributed by atoms with Crippen LogP contribution in [0.3, 0.4) is 0 Å². The fraction of sp³-hybridized carbons (Fsp3) is 0.429. The smallest absolute Gasteiger partial charge is 0.475 e. The number of aromatic nitrogens is 3. The van der Waals surface area contributed by atoms with Crippen LogP contribution in [-0.4, -0.2) is 50.2 Å².